The van der Waals surface area contributed by atoms with E-state index in [9.17, 15) is 9.59 Å². The first-order chi connectivity index (χ1) is 9.08. The molecule has 19 heavy (non-hydrogen) atoms. The molecule has 1 aromatic carbocycles. The predicted molar refractivity (Wildman–Crippen MR) is 73.0 cm³/mol. The van der Waals surface area contributed by atoms with Crippen LogP contribution in [0.2, 0.25) is 0 Å². The maximum absolute atomic E-state index is 11.8. The van der Waals surface area contributed by atoms with Gasteiger partial charge < -0.3 is 4.74 Å². The number of benzene rings is 1. The maximum Gasteiger partial charge on any atom is 0.351 e. The average Bonchev–Trinajstić information content (AvgIpc) is 2.65. The molecule has 0 radical (unpaired) electrons. The summed E-state index contributed by atoms with van der Waals surface area (Å²) in [6, 6.07) is 9.71. The van der Waals surface area contributed by atoms with Gasteiger partial charge in [-0.05, 0) is 12.0 Å². The Morgan fingerprint density at radius 3 is 2.47 bits per heavy atom. The molecule has 1 aliphatic heterocycles. The van der Waals surface area contributed by atoms with Gasteiger partial charge >= 0.3 is 5.97 Å². The van der Waals surface area contributed by atoms with Crippen LogP contribution in [-0.4, -0.2) is 17.9 Å². The van der Waals surface area contributed by atoms with Crippen LogP contribution in [0.1, 0.15) is 18.4 Å². The molecule has 3 nitrogen and oxygen atoms in total. The number of Topliss-reactive ketones (excluding diaryl/α,β-unsaturated/α-hetero) is 1. The van der Waals surface area contributed by atoms with E-state index in [1.54, 1.807) is 0 Å². The zero-order valence-electron chi connectivity index (χ0n) is 10.1. The Kier molecular flexibility index (Phi) is 4.61. The first-order valence-corrected chi connectivity index (χ1v) is 6.65. The van der Waals surface area contributed by atoms with Gasteiger partial charge in [0.1, 0.15) is 16.9 Å². The highest BCUT2D eigenvalue weighted by Crippen LogP contribution is 2.30. The zero-order chi connectivity index (χ0) is 13.8. The van der Waals surface area contributed by atoms with E-state index in [-0.39, 0.29) is 22.3 Å². The molecule has 5 heteroatoms. The number of ketones is 1. The van der Waals surface area contributed by atoms with E-state index < -0.39 is 12.1 Å². The normalized spacial score (nSPS) is 18.6. The SMILES string of the molecule is O=C(CCc1ccccc1)C[C@@H]1OC(=O)C(Cl)=C1Cl. The summed E-state index contributed by atoms with van der Waals surface area (Å²) >= 11 is 11.5. The number of ether oxygens (including phenoxy) is 1. The van der Waals surface area contributed by atoms with Gasteiger partial charge in [-0.3, -0.25) is 4.79 Å². The van der Waals surface area contributed by atoms with Crippen molar-refractivity contribution in [1.29, 1.82) is 0 Å². The van der Waals surface area contributed by atoms with Gasteiger partial charge in [0.2, 0.25) is 0 Å². The Morgan fingerprint density at radius 2 is 1.89 bits per heavy atom. The highest BCUT2D eigenvalue weighted by Gasteiger charge is 2.33. The molecular formula is C14H12Cl2O3. The van der Waals surface area contributed by atoms with Crippen molar-refractivity contribution in [3.05, 3.63) is 46.0 Å². The lowest BCUT2D eigenvalue weighted by Crippen LogP contribution is -2.16. The largest absolute Gasteiger partial charge is 0.452 e. The van der Waals surface area contributed by atoms with E-state index in [1.165, 1.54) is 0 Å². The molecule has 0 unspecified atom stereocenters. The Bertz CT molecular complexity index is 523. The van der Waals surface area contributed by atoms with Gasteiger partial charge in [0, 0.05) is 12.8 Å². The molecule has 100 valence electrons. The Morgan fingerprint density at radius 1 is 1.21 bits per heavy atom. The number of cyclic esters (lactones) is 1. The number of rotatable bonds is 5. The van der Waals surface area contributed by atoms with Crippen LogP contribution in [-0.2, 0) is 20.7 Å². The molecule has 0 saturated carbocycles. The van der Waals surface area contributed by atoms with Crippen LogP contribution in [0.15, 0.2) is 40.4 Å². The third-order valence-corrected chi connectivity index (χ3v) is 3.76. The van der Waals surface area contributed by atoms with E-state index >= 15 is 0 Å². The lowest BCUT2D eigenvalue weighted by Gasteiger charge is -2.09. The number of carbonyl (C=O) groups excluding carboxylic acids is 2. The summed E-state index contributed by atoms with van der Waals surface area (Å²) < 4.78 is 4.91. The van der Waals surface area contributed by atoms with E-state index in [1.807, 2.05) is 30.3 Å². The second-order valence-electron chi connectivity index (χ2n) is 4.28. The number of carbonyl (C=O) groups is 2. The van der Waals surface area contributed by atoms with E-state index in [0.29, 0.717) is 12.8 Å². The summed E-state index contributed by atoms with van der Waals surface area (Å²) in [4.78, 5) is 23.0. The van der Waals surface area contributed by atoms with E-state index in [4.69, 9.17) is 27.9 Å². The summed E-state index contributed by atoms with van der Waals surface area (Å²) in [6.45, 7) is 0. The van der Waals surface area contributed by atoms with Gasteiger partial charge in [0.05, 0.1) is 5.03 Å². The van der Waals surface area contributed by atoms with E-state index in [2.05, 4.69) is 0 Å². The Hall–Kier alpha value is -1.32. The molecule has 1 heterocycles. The molecule has 1 aromatic rings. The van der Waals surface area contributed by atoms with Crippen molar-refractivity contribution >= 4 is 35.0 Å². The minimum atomic E-state index is -0.718. The fraction of sp³-hybridized carbons (Fsp3) is 0.286. The first-order valence-electron chi connectivity index (χ1n) is 5.89. The molecule has 0 saturated heterocycles. The third kappa shape index (κ3) is 3.58. The van der Waals surface area contributed by atoms with Crippen LogP contribution < -0.4 is 0 Å². The standard InChI is InChI=1S/C14H12Cl2O3/c15-12-11(19-14(18)13(12)16)8-10(17)7-6-9-4-2-1-3-5-9/h1-5,11H,6-8H2/t11-/m0/s1. The number of esters is 1. The van der Waals surface area contributed by atoms with Crippen LogP contribution in [0.5, 0.6) is 0 Å². The smallest absolute Gasteiger partial charge is 0.351 e. The van der Waals surface area contributed by atoms with Crippen LogP contribution in [0, 0.1) is 0 Å². The fourth-order valence-corrected chi connectivity index (χ4v) is 2.21. The lowest BCUT2D eigenvalue weighted by molar-refractivity contribution is -0.140. The molecule has 0 fully saturated rings. The zero-order valence-corrected chi connectivity index (χ0v) is 11.6. The van der Waals surface area contributed by atoms with Gasteiger partial charge in [-0.25, -0.2) is 4.79 Å². The Labute approximate surface area is 121 Å². The van der Waals surface area contributed by atoms with Crippen molar-refractivity contribution in [2.75, 3.05) is 0 Å². The van der Waals surface area contributed by atoms with Gasteiger partial charge in [-0.1, -0.05) is 53.5 Å². The van der Waals surface area contributed by atoms with Gasteiger partial charge in [-0.2, -0.15) is 0 Å². The second-order valence-corrected chi connectivity index (χ2v) is 5.07. The molecule has 2 rings (SSSR count). The third-order valence-electron chi connectivity index (χ3n) is 2.87. The number of hydrogen-bond acceptors (Lipinski definition) is 3. The first kappa shape index (κ1) is 14.1. The minimum Gasteiger partial charge on any atom is -0.452 e. The molecule has 0 bridgehead atoms. The van der Waals surface area contributed by atoms with E-state index in [0.717, 1.165) is 5.56 Å². The molecule has 0 aromatic heterocycles. The quantitative estimate of drug-likeness (QED) is 0.784. The van der Waals surface area contributed by atoms with Gasteiger partial charge in [0.25, 0.3) is 0 Å². The molecule has 0 spiro atoms. The Balaban J connectivity index is 1.84. The van der Waals surface area contributed by atoms with Gasteiger partial charge in [-0.15, -0.1) is 0 Å². The summed E-state index contributed by atoms with van der Waals surface area (Å²) in [5, 5.41) is 0.00209. The highest BCUT2D eigenvalue weighted by molar-refractivity contribution is 6.48. The topological polar surface area (TPSA) is 43.4 Å². The van der Waals surface area contributed by atoms with Crippen LogP contribution in [0.3, 0.4) is 0 Å². The van der Waals surface area contributed by atoms with Crippen LogP contribution in [0.4, 0.5) is 0 Å². The van der Waals surface area contributed by atoms with Crippen molar-refractivity contribution in [3.63, 3.8) is 0 Å². The van der Waals surface area contributed by atoms with Crippen molar-refractivity contribution in [1.82, 2.24) is 0 Å². The number of hydrogen-bond donors (Lipinski definition) is 0. The van der Waals surface area contributed by atoms with Gasteiger partial charge in [0.15, 0.2) is 0 Å². The lowest BCUT2D eigenvalue weighted by atomic mass is 10.0. The van der Waals surface area contributed by atoms with Crippen molar-refractivity contribution < 1.29 is 14.3 Å². The highest BCUT2D eigenvalue weighted by atomic mass is 35.5. The summed E-state index contributed by atoms with van der Waals surface area (Å²) in [7, 11) is 0. The average molecular weight is 299 g/mol. The molecule has 0 aliphatic carbocycles. The second kappa shape index (κ2) is 6.22. The summed E-state index contributed by atoms with van der Waals surface area (Å²) in [6.07, 6.45) is 0.410. The molecule has 1 atom stereocenters. The molecular weight excluding hydrogens is 287 g/mol. The molecule has 1 aliphatic rings. The van der Waals surface area contributed by atoms with Crippen molar-refractivity contribution in [2.24, 2.45) is 0 Å². The molecule has 0 amide bonds. The summed E-state index contributed by atoms with van der Waals surface area (Å²) in [5.41, 5.74) is 1.10. The van der Waals surface area contributed by atoms with Crippen LogP contribution >= 0.6 is 23.2 Å². The van der Waals surface area contributed by atoms with Crippen molar-refractivity contribution in [3.8, 4) is 0 Å². The monoisotopic (exact) mass is 298 g/mol. The fourth-order valence-electron chi connectivity index (χ4n) is 1.84. The minimum absolute atomic E-state index is 0.00818. The van der Waals surface area contributed by atoms with Crippen molar-refractivity contribution in [2.45, 2.75) is 25.4 Å². The number of aryl methyl sites for hydroxylation is 1. The predicted octanol–water partition coefficient (Wildman–Crippen LogP) is 3.19. The van der Waals surface area contributed by atoms with Crippen LogP contribution in [0.25, 0.3) is 0 Å². The maximum atomic E-state index is 11.8. The summed E-state index contributed by atoms with van der Waals surface area (Å²) in [5.74, 6) is -0.668. The number of halogens is 2. The molecule has 0 N–H and O–H groups in total.